The summed E-state index contributed by atoms with van der Waals surface area (Å²) in [4.78, 5) is 22.1. The second-order valence-electron chi connectivity index (χ2n) is 3.02. The molecule has 3 nitrogen and oxygen atoms in total. The van der Waals surface area contributed by atoms with Crippen molar-refractivity contribution in [3.8, 4) is 0 Å². The Morgan fingerprint density at radius 3 is 2.62 bits per heavy atom. The Bertz CT molecular complexity index is 423. The third kappa shape index (κ3) is 3.69. The summed E-state index contributed by atoms with van der Waals surface area (Å²) in [5.74, 6) is -2.42. The van der Waals surface area contributed by atoms with Crippen molar-refractivity contribution >= 4 is 33.3 Å². The first-order valence-corrected chi connectivity index (χ1v) is 5.47. The predicted octanol–water partition coefficient (Wildman–Crippen LogP) is 2.26. The molecule has 1 aromatic carbocycles. The van der Waals surface area contributed by atoms with Crippen LogP contribution in [0.2, 0.25) is 0 Å². The molecule has 0 saturated carbocycles. The van der Waals surface area contributed by atoms with Crippen LogP contribution in [0.15, 0.2) is 18.2 Å². The largest absolute Gasteiger partial charge is 0.323 e. The van der Waals surface area contributed by atoms with E-state index in [9.17, 15) is 18.4 Å². The molecule has 0 saturated heterocycles. The number of carbonyl (C=O) groups is 2. The number of halogens is 3. The van der Waals surface area contributed by atoms with Gasteiger partial charge in [-0.05, 0) is 12.1 Å². The minimum Gasteiger partial charge on any atom is -0.323 e. The normalized spacial score (nSPS) is 9.94. The van der Waals surface area contributed by atoms with E-state index in [0.29, 0.717) is 0 Å². The fourth-order valence-electron chi connectivity index (χ4n) is 1.01. The van der Waals surface area contributed by atoms with Crippen LogP contribution in [0.4, 0.5) is 14.5 Å². The number of alkyl halides is 1. The summed E-state index contributed by atoms with van der Waals surface area (Å²) in [7, 11) is 0. The fraction of sp³-hybridized carbons (Fsp3) is 0.200. The zero-order valence-electron chi connectivity index (χ0n) is 8.10. The van der Waals surface area contributed by atoms with Crippen LogP contribution < -0.4 is 5.32 Å². The molecule has 0 aliphatic heterocycles. The van der Waals surface area contributed by atoms with E-state index < -0.39 is 17.5 Å². The van der Waals surface area contributed by atoms with E-state index >= 15 is 0 Å². The van der Waals surface area contributed by atoms with Gasteiger partial charge in [-0.1, -0.05) is 15.9 Å². The Labute approximate surface area is 99.0 Å². The van der Waals surface area contributed by atoms with Gasteiger partial charge >= 0.3 is 0 Å². The molecule has 16 heavy (non-hydrogen) atoms. The van der Waals surface area contributed by atoms with Crippen molar-refractivity contribution in [1.82, 2.24) is 0 Å². The first kappa shape index (κ1) is 12.8. The molecule has 0 aromatic heterocycles. The maximum Gasteiger partial charge on any atom is 0.231 e. The monoisotopic (exact) mass is 291 g/mol. The van der Waals surface area contributed by atoms with Crippen LogP contribution in [-0.4, -0.2) is 17.0 Å². The lowest BCUT2D eigenvalue weighted by Crippen LogP contribution is -2.17. The van der Waals surface area contributed by atoms with Crippen LogP contribution in [0.5, 0.6) is 0 Å². The maximum atomic E-state index is 13.1. The topological polar surface area (TPSA) is 46.2 Å². The number of benzene rings is 1. The SMILES string of the molecule is O=C(CBr)CC(=O)Nc1cc(F)ccc1F. The van der Waals surface area contributed by atoms with Crippen LogP contribution in [0.25, 0.3) is 0 Å². The Morgan fingerprint density at radius 1 is 1.31 bits per heavy atom. The van der Waals surface area contributed by atoms with Gasteiger partial charge in [-0.3, -0.25) is 9.59 Å². The molecule has 0 heterocycles. The molecule has 0 bridgehead atoms. The first-order valence-electron chi connectivity index (χ1n) is 4.35. The number of amides is 1. The van der Waals surface area contributed by atoms with E-state index in [1.807, 2.05) is 0 Å². The van der Waals surface area contributed by atoms with Gasteiger partial charge in [0.2, 0.25) is 5.91 Å². The highest BCUT2D eigenvalue weighted by Crippen LogP contribution is 2.15. The predicted molar refractivity (Wildman–Crippen MR) is 58.4 cm³/mol. The van der Waals surface area contributed by atoms with Crippen molar-refractivity contribution in [2.75, 3.05) is 10.6 Å². The molecule has 0 fully saturated rings. The number of Topliss-reactive ketones (excluding diaryl/α,β-unsaturated/α-hetero) is 1. The first-order chi connectivity index (χ1) is 7.52. The summed E-state index contributed by atoms with van der Waals surface area (Å²) in [5.41, 5.74) is -0.271. The third-order valence-electron chi connectivity index (χ3n) is 1.71. The average Bonchev–Trinajstić information content (AvgIpc) is 2.23. The lowest BCUT2D eigenvalue weighted by Gasteiger charge is -2.05. The highest BCUT2D eigenvalue weighted by Gasteiger charge is 2.11. The van der Waals surface area contributed by atoms with Gasteiger partial charge in [-0.2, -0.15) is 0 Å². The molecule has 0 spiro atoms. The minimum atomic E-state index is -0.749. The molecule has 0 unspecified atom stereocenters. The molecule has 0 radical (unpaired) electrons. The van der Waals surface area contributed by atoms with Crippen molar-refractivity contribution < 1.29 is 18.4 Å². The van der Waals surface area contributed by atoms with E-state index in [2.05, 4.69) is 21.2 Å². The van der Waals surface area contributed by atoms with Crippen LogP contribution >= 0.6 is 15.9 Å². The number of nitrogens with one attached hydrogen (secondary N) is 1. The molecular weight excluding hydrogens is 284 g/mol. The number of hydrogen-bond donors (Lipinski definition) is 1. The molecule has 0 aliphatic rings. The molecular formula is C10H8BrF2NO2. The van der Waals surface area contributed by atoms with E-state index in [1.54, 1.807) is 0 Å². The quantitative estimate of drug-likeness (QED) is 0.683. The number of ketones is 1. The second-order valence-corrected chi connectivity index (χ2v) is 3.58. The number of carbonyl (C=O) groups excluding carboxylic acids is 2. The zero-order valence-corrected chi connectivity index (χ0v) is 9.68. The molecule has 1 N–H and O–H groups in total. The molecule has 1 aromatic rings. The van der Waals surface area contributed by atoms with Gasteiger partial charge in [-0.15, -0.1) is 0 Å². The Kier molecular flexibility index (Phi) is 4.54. The Morgan fingerprint density at radius 2 is 2.00 bits per heavy atom. The van der Waals surface area contributed by atoms with Gasteiger partial charge in [-0.25, -0.2) is 8.78 Å². The van der Waals surface area contributed by atoms with Crippen LogP contribution in [-0.2, 0) is 9.59 Å². The van der Waals surface area contributed by atoms with Crippen molar-refractivity contribution in [1.29, 1.82) is 0 Å². The van der Waals surface area contributed by atoms with E-state index in [0.717, 1.165) is 18.2 Å². The van der Waals surface area contributed by atoms with Crippen molar-refractivity contribution in [3.05, 3.63) is 29.8 Å². The fourth-order valence-corrected chi connectivity index (χ4v) is 1.21. The summed E-state index contributed by atoms with van der Waals surface area (Å²) in [6.45, 7) is 0. The molecule has 1 rings (SSSR count). The second kappa shape index (κ2) is 5.69. The highest BCUT2D eigenvalue weighted by molar-refractivity contribution is 9.09. The van der Waals surface area contributed by atoms with Gasteiger partial charge in [0.05, 0.1) is 17.4 Å². The summed E-state index contributed by atoms with van der Waals surface area (Å²) < 4.78 is 25.8. The number of hydrogen-bond acceptors (Lipinski definition) is 2. The Hall–Kier alpha value is -1.30. The molecule has 1 amide bonds. The van der Waals surface area contributed by atoms with Crippen molar-refractivity contribution in [3.63, 3.8) is 0 Å². The third-order valence-corrected chi connectivity index (χ3v) is 2.33. The van der Waals surface area contributed by atoms with Gasteiger partial charge in [0, 0.05) is 6.07 Å². The minimum absolute atomic E-state index is 0.0477. The lowest BCUT2D eigenvalue weighted by atomic mass is 10.2. The van der Waals surface area contributed by atoms with Crippen LogP contribution in [0.1, 0.15) is 6.42 Å². The van der Waals surface area contributed by atoms with Gasteiger partial charge in [0.15, 0.2) is 5.78 Å². The smallest absolute Gasteiger partial charge is 0.231 e. The Balaban J connectivity index is 2.69. The molecule has 0 aliphatic carbocycles. The standard InChI is InChI=1S/C10H8BrF2NO2/c11-5-7(15)4-10(16)14-9-3-6(12)1-2-8(9)13/h1-3H,4-5H2,(H,14,16). The highest BCUT2D eigenvalue weighted by atomic mass is 79.9. The van der Waals surface area contributed by atoms with E-state index in [4.69, 9.17) is 0 Å². The molecule has 6 heteroatoms. The zero-order chi connectivity index (χ0) is 12.1. The van der Waals surface area contributed by atoms with E-state index in [1.165, 1.54) is 0 Å². The summed E-state index contributed by atoms with van der Waals surface area (Å²) >= 11 is 2.89. The van der Waals surface area contributed by atoms with Crippen molar-refractivity contribution in [2.24, 2.45) is 0 Å². The molecule has 0 atom stereocenters. The summed E-state index contributed by atoms with van der Waals surface area (Å²) in [6.07, 6.45) is -0.374. The van der Waals surface area contributed by atoms with Crippen molar-refractivity contribution in [2.45, 2.75) is 6.42 Å². The number of rotatable bonds is 4. The maximum absolute atomic E-state index is 13.1. The summed E-state index contributed by atoms with van der Waals surface area (Å²) in [6, 6.07) is 2.69. The molecule has 86 valence electrons. The van der Waals surface area contributed by atoms with Gasteiger partial charge < -0.3 is 5.32 Å². The summed E-state index contributed by atoms with van der Waals surface area (Å²) in [5, 5.41) is 2.17. The van der Waals surface area contributed by atoms with Gasteiger partial charge in [0.25, 0.3) is 0 Å². The lowest BCUT2D eigenvalue weighted by molar-refractivity contribution is -0.123. The number of anilines is 1. The van der Waals surface area contributed by atoms with Crippen LogP contribution in [0, 0.1) is 11.6 Å². The van der Waals surface area contributed by atoms with E-state index in [-0.39, 0.29) is 23.2 Å². The van der Waals surface area contributed by atoms with Crippen LogP contribution in [0.3, 0.4) is 0 Å². The van der Waals surface area contributed by atoms with Gasteiger partial charge in [0.1, 0.15) is 11.6 Å². The average molecular weight is 292 g/mol.